The monoisotopic (exact) mass is 430 g/mol. The SMILES string of the molecule is NCCCCC(=O)N(CCc1ccc(O)cc1)CCC(c1ccccc1)c1ccccc1. The van der Waals surface area contributed by atoms with Gasteiger partial charge in [-0.25, -0.2) is 0 Å². The van der Waals surface area contributed by atoms with Gasteiger partial charge in [-0.15, -0.1) is 0 Å². The quantitative estimate of drug-likeness (QED) is 0.392. The van der Waals surface area contributed by atoms with Crippen LogP contribution in [0.15, 0.2) is 84.9 Å². The van der Waals surface area contributed by atoms with Gasteiger partial charge in [0, 0.05) is 25.4 Å². The molecule has 3 aromatic carbocycles. The Morgan fingerprint density at radius 3 is 1.97 bits per heavy atom. The average molecular weight is 431 g/mol. The summed E-state index contributed by atoms with van der Waals surface area (Å²) in [6, 6.07) is 28.3. The molecular formula is C28H34N2O2. The smallest absolute Gasteiger partial charge is 0.222 e. The Labute approximate surface area is 191 Å². The van der Waals surface area contributed by atoms with Gasteiger partial charge in [0.25, 0.3) is 0 Å². The predicted octanol–water partition coefficient (Wildman–Crippen LogP) is 5.11. The molecule has 0 saturated carbocycles. The van der Waals surface area contributed by atoms with Gasteiger partial charge in [0.05, 0.1) is 0 Å². The number of carbonyl (C=O) groups excluding carboxylic acids is 1. The molecule has 3 aromatic rings. The van der Waals surface area contributed by atoms with Crippen molar-refractivity contribution in [2.24, 2.45) is 5.73 Å². The number of aromatic hydroxyl groups is 1. The van der Waals surface area contributed by atoms with Crippen molar-refractivity contribution < 1.29 is 9.90 Å². The van der Waals surface area contributed by atoms with Gasteiger partial charge in [0.2, 0.25) is 5.91 Å². The van der Waals surface area contributed by atoms with Crippen molar-refractivity contribution in [2.75, 3.05) is 19.6 Å². The number of phenolic OH excluding ortho intramolecular Hbond substituents is 1. The van der Waals surface area contributed by atoms with Gasteiger partial charge >= 0.3 is 0 Å². The molecule has 168 valence electrons. The second-order valence-corrected chi connectivity index (χ2v) is 8.21. The first-order valence-electron chi connectivity index (χ1n) is 11.5. The molecule has 0 radical (unpaired) electrons. The molecule has 1 amide bonds. The fraction of sp³-hybridized carbons (Fsp3) is 0.321. The molecule has 0 saturated heterocycles. The van der Waals surface area contributed by atoms with Crippen LogP contribution in [0.4, 0.5) is 0 Å². The van der Waals surface area contributed by atoms with Gasteiger partial charge in [-0.1, -0.05) is 72.8 Å². The lowest BCUT2D eigenvalue weighted by Crippen LogP contribution is -2.34. The Kier molecular flexibility index (Phi) is 9.33. The van der Waals surface area contributed by atoms with Gasteiger partial charge in [-0.3, -0.25) is 4.79 Å². The number of rotatable bonds is 12. The number of hydrogen-bond donors (Lipinski definition) is 2. The molecular weight excluding hydrogens is 396 g/mol. The Balaban J connectivity index is 1.72. The summed E-state index contributed by atoms with van der Waals surface area (Å²) in [7, 11) is 0. The minimum Gasteiger partial charge on any atom is -0.508 e. The van der Waals surface area contributed by atoms with E-state index in [2.05, 4.69) is 48.5 Å². The van der Waals surface area contributed by atoms with Gasteiger partial charge in [-0.05, 0) is 61.1 Å². The van der Waals surface area contributed by atoms with E-state index in [-0.39, 0.29) is 17.6 Å². The third-order valence-electron chi connectivity index (χ3n) is 5.90. The average Bonchev–Trinajstić information content (AvgIpc) is 2.83. The summed E-state index contributed by atoms with van der Waals surface area (Å²) in [5.41, 5.74) is 9.28. The summed E-state index contributed by atoms with van der Waals surface area (Å²) < 4.78 is 0. The highest BCUT2D eigenvalue weighted by molar-refractivity contribution is 5.76. The third-order valence-corrected chi connectivity index (χ3v) is 5.90. The van der Waals surface area contributed by atoms with Crippen LogP contribution in [0.1, 0.15) is 48.3 Å². The van der Waals surface area contributed by atoms with E-state index in [1.54, 1.807) is 12.1 Å². The predicted molar refractivity (Wildman–Crippen MR) is 131 cm³/mol. The first-order chi connectivity index (χ1) is 15.7. The van der Waals surface area contributed by atoms with E-state index < -0.39 is 0 Å². The van der Waals surface area contributed by atoms with Gasteiger partial charge in [-0.2, -0.15) is 0 Å². The molecule has 0 heterocycles. The fourth-order valence-electron chi connectivity index (χ4n) is 4.05. The van der Waals surface area contributed by atoms with Crippen molar-refractivity contribution in [3.63, 3.8) is 0 Å². The lowest BCUT2D eigenvalue weighted by atomic mass is 9.88. The third kappa shape index (κ3) is 7.24. The van der Waals surface area contributed by atoms with Crippen LogP contribution in [0.5, 0.6) is 5.75 Å². The topological polar surface area (TPSA) is 66.6 Å². The Bertz CT molecular complexity index is 887. The van der Waals surface area contributed by atoms with E-state index in [9.17, 15) is 9.90 Å². The van der Waals surface area contributed by atoms with E-state index in [0.717, 1.165) is 31.2 Å². The first-order valence-corrected chi connectivity index (χ1v) is 11.5. The second-order valence-electron chi connectivity index (χ2n) is 8.21. The number of carbonyl (C=O) groups is 1. The number of nitrogens with two attached hydrogens (primary N) is 1. The Morgan fingerprint density at radius 1 is 0.812 bits per heavy atom. The van der Waals surface area contributed by atoms with Crippen LogP contribution < -0.4 is 5.73 Å². The molecule has 3 N–H and O–H groups in total. The standard InChI is InChI=1S/C28H34N2O2/c29-20-8-7-13-28(32)30(21-18-23-14-16-26(31)17-15-23)22-19-27(24-9-3-1-4-10-24)25-11-5-2-6-12-25/h1-6,9-12,14-17,27,31H,7-8,13,18-22,29H2. The van der Waals surface area contributed by atoms with Crippen molar-refractivity contribution in [3.8, 4) is 5.75 Å². The van der Waals surface area contributed by atoms with Crippen LogP contribution in [0, 0.1) is 0 Å². The summed E-state index contributed by atoms with van der Waals surface area (Å²) in [5.74, 6) is 0.694. The first kappa shape index (κ1) is 23.6. The molecule has 0 bridgehead atoms. The maximum Gasteiger partial charge on any atom is 0.222 e. The fourth-order valence-corrected chi connectivity index (χ4v) is 4.05. The lowest BCUT2D eigenvalue weighted by Gasteiger charge is -2.26. The van der Waals surface area contributed by atoms with E-state index in [1.165, 1.54) is 11.1 Å². The molecule has 0 aliphatic heterocycles. The molecule has 0 aliphatic carbocycles. The van der Waals surface area contributed by atoms with Crippen molar-refractivity contribution in [1.29, 1.82) is 0 Å². The van der Waals surface area contributed by atoms with Crippen molar-refractivity contribution in [2.45, 2.75) is 38.0 Å². The van der Waals surface area contributed by atoms with E-state index in [0.29, 0.717) is 26.1 Å². The van der Waals surface area contributed by atoms with Crippen LogP contribution in [0.2, 0.25) is 0 Å². The maximum absolute atomic E-state index is 13.0. The van der Waals surface area contributed by atoms with Crippen molar-refractivity contribution >= 4 is 5.91 Å². The van der Waals surface area contributed by atoms with Crippen LogP contribution >= 0.6 is 0 Å². The molecule has 0 aromatic heterocycles. The van der Waals surface area contributed by atoms with Gasteiger partial charge in [0.1, 0.15) is 5.75 Å². The zero-order chi connectivity index (χ0) is 22.6. The molecule has 0 fully saturated rings. The summed E-state index contributed by atoms with van der Waals surface area (Å²) in [6.45, 7) is 1.99. The normalized spacial score (nSPS) is 10.9. The van der Waals surface area contributed by atoms with Crippen LogP contribution in [-0.2, 0) is 11.2 Å². The van der Waals surface area contributed by atoms with Crippen LogP contribution in [-0.4, -0.2) is 35.5 Å². The molecule has 4 heteroatoms. The molecule has 32 heavy (non-hydrogen) atoms. The molecule has 3 rings (SSSR count). The van der Waals surface area contributed by atoms with Crippen LogP contribution in [0.25, 0.3) is 0 Å². The number of benzene rings is 3. The summed E-state index contributed by atoms with van der Waals surface area (Å²) in [5, 5.41) is 9.53. The highest BCUT2D eigenvalue weighted by Crippen LogP contribution is 2.28. The van der Waals surface area contributed by atoms with Crippen molar-refractivity contribution in [1.82, 2.24) is 4.90 Å². The van der Waals surface area contributed by atoms with Gasteiger partial charge in [0.15, 0.2) is 0 Å². The van der Waals surface area contributed by atoms with Crippen molar-refractivity contribution in [3.05, 3.63) is 102 Å². The minimum atomic E-state index is 0.192. The molecule has 0 atom stereocenters. The van der Waals surface area contributed by atoms with Gasteiger partial charge < -0.3 is 15.7 Å². The number of nitrogens with zero attached hydrogens (tertiary/aromatic N) is 1. The largest absolute Gasteiger partial charge is 0.508 e. The Hall–Kier alpha value is -3.11. The van der Waals surface area contributed by atoms with E-state index in [1.807, 2.05) is 29.2 Å². The molecule has 0 aliphatic rings. The molecule has 0 spiro atoms. The number of phenols is 1. The molecule has 0 unspecified atom stereocenters. The highest BCUT2D eigenvalue weighted by atomic mass is 16.3. The zero-order valence-electron chi connectivity index (χ0n) is 18.7. The highest BCUT2D eigenvalue weighted by Gasteiger charge is 2.19. The van der Waals surface area contributed by atoms with Crippen LogP contribution in [0.3, 0.4) is 0 Å². The summed E-state index contributed by atoms with van der Waals surface area (Å²) in [4.78, 5) is 15.0. The second kappa shape index (κ2) is 12.7. The lowest BCUT2D eigenvalue weighted by molar-refractivity contribution is -0.131. The minimum absolute atomic E-state index is 0.192. The number of hydrogen-bond acceptors (Lipinski definition) is 3. The maximum atomic E-state index is 13.0. The number of unbranched alkanes of at least 4 members (excludes halogenated alkanes) is 1. The summed E-state index contributed by atoms with van der Waals surface area (Å²) >= 11 is 0. The Morgan fingerprint density at radius 2 is 1.41 bits per heavy atom. The van der Waals surface area contributed by atoms with E-state index in [4.69, 9.17) is 5.73 Å². The zero-order valence-corrected chi connectivity index (χ0v) is 18.7. The van der Waals surface area contributed by atoms with E-state index >= 15 is 0 Å². The number of amides is 1. The summed E-state index contributed by atoms with van der Waals surface area (Å²) in [6.07, 6.45) is 3.87. The molecule has 4 nitrogen and oxygen atoms in total.